The summed E-state index contributed by atoms with van der Waals surface area (Å²) in [6.07, 6.45) is 8.14. The summed E-state index contributed by atoms with van der Waals surface area (Å²) in [5.41, 5.74) is 1.58. The Morgan fingerprint density at radius 2 is 2.25 bits per heavy atom. The van der Waals surface area contributed by atoms with Gasteiger partial charge in [-0.1, -0.05) is 17.7 Å². The highest BCUT2D eigenvalue weighted by Crippen LogP contribution is 2.32. The maximum atomic E-state index is 5.30. The molecule has 0 unspecified atom stereocenters. The summed E-state index contributed by atoms with van der Waals surface area (Å²) in [5, 5.41) is 0. The molecule has 0 aromatic carbocycles. The summed E-state index contributed by atoms with van der Waals surface area (Å²) in [6, 6.07) is 0. The molecule has 1 heteroatoms. The van der Waals surface area contributed by atoms with Crippen LogP contribution < -0.4 is 0 Å². The van der Waals surface area contributed by atoms with E-state index in [1.807, 2.05) is 6.08 Å². The lowest BCUT2D eigenvalue weighted by Crippen LogP contribution is -1.72. The zero-order valence-corrected chi connectivity index (χ0v) is 5.56. The lowest BCUT2D eigenvalue weighted by molar-refractivity contribution is 0.946. The second kappa shape index (κ2) is 3.13. The van der Waals surface area contributed by atoms with E-state index in [4.69, 9.17) is 11.6 Å². The molecule has 0 aromatic heterocycles. The fourth-order valence-electron chi connectivity index (χ4n) is 0.654. The second-order valence-corrected chi connectivity index (χ2v) is 2.42. The highest BCUT2D eigenvalue weighted by atomic mass is 35.5. The van der Waals surface area contributed by atoms with Crippen LogP contribution in [0.1, 0.15) is 19.3 Å². The summed E-state index contributed by atoms with van der Waals surface area (Å²) in [6.45, 7) is 0. The third-order valence-corrected chi connectivity index (χ3v) is 1.49. The van der Waals surface area contributed by atoms with E-state index in [0.29, 0.717) is 0 Å². The van der Waals surface area contributed by atoms with E-state index in [-0.39, 0.29) is 0 Å². The van der Waals surface area contributed by atoms with Crippen molar-refractivity contribution in [2.75, 3.05) is 0 Å². The van der Waals surface area contributed by atoms with E-state index >= 15 is 0 Å². The van der Waals surface area contributed by atoms with Crippen LogP contribution in [0.4, 0.5) is 0 Å². The predicted molar refractivity (Wildman–Crippen MR) is 36.6 cm³/mol. The summed E-state index contributed by atoms with van der Waals surface area (Å²) >= 11 is 5.30. The Balaban J connectivity index is 1.88. The molecule has 0 heterocycles. The van der Waals surface area contributed by atoms with Gasteiger partial charge < -0.3 is 0 Å². The van der Waals surface area contributed by atoms with Gasteiger partial charge in [0.1, 0.15) is 0 Å². The molecule has 1 saturated carbocycles. The van der Waals surface area contributed by atoms with E-state index in [2.05, 4.69) is 6.42 Å². The van der Waals surface area contributed by atoms with Crippen molar-refractivity contribution in [3.05, 3.63) is 18.0 Å². The molecule has 0 aromatic rings. The molecule has 0 atom stereocenters. The second-order valence-electron chi connectivity index (χ2n) is 2.17. The van der Waals surface area contributed by atoms with Gasteiger partial charge in [-0.25, -0.2) is 0 Å². The topological polar surface area (TPSA) is 0 Å². The molecule has 0 aliphatic heterocycles. The van der Waals surface area contributed by atoms with Crippen molar-refractivity contribution < 1.29 is 0 Å². The molecule has 1 aliphatic carbocycles. The fourth-order valence-corrected chi connectivity index (χ4v) is 0.757. The number of halogens is 1. The van der Waals surface area contributed by atoms with Crippen LogP contribution in [-0.4, -0.2) is 0 Å². The monoisotopic (exact) mass is 129 g/mol. The maximum Gasteiger partial charge on any atom is 0.000256 e. The first-order valence-corrected chi connectivity index (χ1v) is 3.45. The largest absolute Gasteiger partial charge is 0.0933 e. The Labute approximate surface area is 55.5 Å². The molecule has 0 saturated heterocycles. The average Bonchev–Trinajstić information content (AvgIpc) is 2.51. The Morgan fingerprint density at radius 1 is 1.50 bits per heavy atom. The van der Waals surface area contributed by atoms with E-state index in [1.165, 1.54) is 12.8 Å². The van der Waals surface area contributed by atoms with Gasteiger partial charge in [0, 0.05) is 5.54 Å². The molecule has 8 heavy (non-hydrogen) atoms. The molecule has 0 spiro atoms. The zero-order valence-electron chi connectivity index (χ0n) is 4.81. The molecule has 0 N–H and O–H groups in total. The third-order valence-electron chi connectivity index (χ3n) is 1.32. The number of hydrogen-bond acceptors (Lipinski definition) is 0. The summed E-state index contributed by atoms with van der Waals surface area (Å²) in [5.74, 6) is 0.919. The van der Waals surface area contributed by atoms with Gasteiger partial charge in [-0.15, -0.1) is 0 Å². The Hall–Kier alpha value is 0.0300. The number of rotatable bonds is 3. The van der Waals surface area contributed by atoms with Crippen LogP contribution in [0.5, 0.6) is 0 Å². The molecule has 0 amide bonds. The smallest absolute Gasteiger partial charge is 0.000256 e. The quantitative estimate of drug-likeness (QED) is 0.550. The Kier molecular flexibility index (Phi) is 2.41. The predicted octanol–water partition coefficient (Wildman–Crippen LogP) is 2.74. The first-order chi connectivity index (χ1) is 3.93. The van der Waals surface area contributed by atoms with Gasteiger partial charge in [-0.05, 0) is 31.6 Å². The number of allylic oxidation sites excluding steroid dienone is 1. The van der Waals surface area contributed by atoms with Crippen LogP contribution in [0.15, 0.2) is 11.6 Å². The third kappa shape index (κ3) is 2.37. The Bertz CT molecular complexity index is 82.4. The first-order valence-electron chi connectivity index (χ1n) is 3.02. The van der Waals surface area contributed by atoms with Crippen molar-refractivity contribution in [1.29, 1.82) is 0 Å². The van der Waals surface area contributed by atoms with Crippen LogP contribution in [0.3, 0.4) is 0 Å². The minimum absolute atomic E-state index is 0.919. The molecule has 1 radical (unpaired) electrons. The summed E-state index contributed by atoms with van der Waals surface area (Å²) in [7, 11) is 0. The molecular weight excluding hydrogens is 120 g/mol. The standard InChI is InChI=1S/C7H10Cl/c8-6-2-1-3-7-4-5-7/h2-3,6-7H,1,4-5H2. The maximum absolute atomic E-state index is 5.30. The highest BCUT2D eigenvalue weighted by molar-refractivity contribution is 6.25. The fraction of sp³-hybridized carbons (Fsp3) is 0.571. The van der Waals surface area contributed by atoms with Crippen LogP contribution >= 0.6 is 11.6 Å². The van der Waals surface area contributed by atoms with Crippen molar-refractivity contribution in [2.45, 2.75) is 19.3 Å². The first kappa shape index (κ1) is 6.15. The minimum atomic E-state index is 0.919. The lowest BCUT2D eigenvalue weighted by Gasteiger charge is -1.85. The molecule has 0 nitrogen and oxygen atoms in total. The van der Waals surface area contributed by atoms with Crippen molar-refractivity contribution in [2.24, 2.45) is 5.92 Å². The normalized spacial score (nSPS) is 20.1. The molecule has 1 aliphatic rings. The van der Waals surface area contributed by atoms with Gasteiger partial charge in [0.15, 0.2) is 0 Å². The van der Waals surface area contributed by atoms with Crippen LogP contribution in [0.25, 0.3) is 0 Å². The van der Waals surface area contributed by atoms with Crippen LogP contribution in [-0.2, 0) is 0 Å². The molecule has 1 rings (SSSR count). The Morgan fingerprint density at radius 3 is 2.75 bits per heavy atom. The van der Waals surface area contributed by atoms with Gasteiger partial charge >= 0.3 is 0 Å². The SMILES string of the molecule is ClC=CC[CH]C1CC1. The van der Waals surface area contributed by atoms with Crippen molar-refractivity contribution >= 4 is 11.6 Å². The molecule has 1 fully saturated rings. The zero-order chi connectivity index (χ0) is 5.82. The minimum Gasteiger partial charge on any atom is -0.0933 e. The van der Waals surface area contributed by atoms with Gasteiger partial charge in [0.25, 0.3) is 0 Å². The summed E-state index contributed by atoms with van der Waals surface area (Å²) < 4.78 is 0. The van der Waals surface area contributed by atoms with E-state index in [9.17, 15) is 0 Å². The van der Waals surface area contributed by atoms with Crippen molar-refractivity contribution in [3.8, 4) is 0 Å². The molecule has 45 valence electrons. The van der Waals surface area contributed by atoms with Crippen molar-refractivity contribution in [3.63, 3.8) is 0 Å². The van der Waals surface area contributed by atoms with Crippen LogP contribution in [0.2, 0.25) is 0 Å². The van der Waals surface area contributed by atoms with Gasteiger partial charge in [-0.2, -0.15) is 0 Å². The highest BCUT2D eigenvalue weighted by Gasteiger charge is 2.19. The lowest BCUT2D eigenvalue weighted by atomic mass is 10.2. The van der Waals surface area contributed by atoms with Crippen LogP contribution in [0, 0.1) is 12.3 Å². The van der Waals surface area contributed by atoms with Gasteiger partial charge in [0.05, 0.1) is 0 Å². The van der Waals surface area contributed by atoms with E-state index in [1.54, 1.807) is 5.54 Å². The van der Waals surface area contributed by atoms with E-state index in [0.717, 1.165) is 12.3 Å². The van der Waals surface area contributed by atoms with Gasteiger partial charge in [0.2, 0.25) is 0 Å². The molecular formula is C7H10Cl. The average molecular weight is 130 g/mol. The van der Waals surface area contributed by atoms with E-state index < -0.39 is 0 Å². The summed E-state index contributed by atoms with van der Waals surface area (Å²) in [4.78, 5) is 0. The van der Waals surface area contributed by atoms with Crippen molar-refractivity contribution in [1.82, 2.24) is 0 Å². The molecule has 0 bridgehead atoms. The number of hydrogen-bond donors (Lipinski definition) is 0. The van der Waals surface area contributed by atoms with Gasteiger partial charge in [-0.3, -0.25) is 0 Å².